The van der Waals surface area contributed by atoms with Crippen molar-refractivity contribution < 1.29 is 29.0 Å². The molecule has 1 amide bonds. The van der Waals surface area contributed by atoms with Gasteiger partial charge in [-0.15, -0.1) is 0 Å². The van der Waals surface area contributed by atoms with Gasteiger partial charge in [0.25, 0.3) is 5.91 Å². The third-order valence-corrected chi connectivity index (χ3v) is 5.20. The summed E-state index contributed by atoms with van der Waals surface area (Å²) in [6.45, 7) is 1.78. The van der Waals surface area contributed by atoms with Crippen LogP contribution in [0, 0.1) is 6.92 Å². The average molecular weight is 446 g/mol. The van der Waals surface area contributed by atoms with Gasteiger partial charge in [0.2, 0.25) is 0 Å². The van der Waals surface area contributed by atoms with E-state index < -0.39 is 5.91 Å². The summed E-state index contributed by atoms with van der Waals surface area (Å²) < 4.78 is 16.0. The zero-order valence-corrected chi connectivity index (χ0v) is 18.2. The van der Waals surface area contributed by atoms with Crippen LogP contribution in [0.5, 0.6) is 23.0 Å². The molecule has 0 atom stereocenters. The summed E-state index contributed by atoms with van der Waals surface area (Å²) in [7, 11) is 3.07. The van der Waals surface area contributed by atoms with Crippen LogP contribution in [0.3, 0.4) is 0 Å². The van der Waals surface area contributed by atoms with Crippen molar-refractivity contribution in [2.45, 2.75) is 6.92 Å². The summed E-state index contributed by atoms with van der Waals surface area (Å²) in [5, 5.41) is 27.7. The molecular formula is C25H22N2O6. The number of hydrogen-bond acceptors (Lipinski definition) is 7. The molecule has 0 aliphatic heterocycles. The van der Waals surface area contributed by atoms with Crippen LogP contribution in [0.1, 0.15) is 16.1 Å². The molecule has 3 N–H and O–H groups in total. The first-order valence-electron chi connectivity index (χ1n) is 10.0. The number of ether oxygens (including phenoxy) is 2. The van der Waals surface area contributed by atoms with Crippen molar-refractivity contribution >= 4 is 11.6 Å². The number of para-hydroxylation sites is 2. The largest absolute Gasteiger partial charge is 0.507 e. The highest BCUT2D eigenvalue weighted by Gasteiger charge is 2.23. The lowest BCUT2D eigenvalue weighted by atomic mass is 9.97. The molecule has 33 heavy (non-hydrogen) atoms. The van der Waals surface area contributed by atoms with Crippen molar-refractivity contribution in [1.82, 2.24) is 5.16 Å². The normalized spacial score (nSPS) is 10.6. The predicted octanol–water partition coefficient (Wildman–Crippen LogP) is 5.00. The standard InChI is InChI=1S/C25H22N2O6/c1-14-23(15-8-10-16(31-2)11-9-15)24(33-27-14)17-12-18(21(29)13-20(17)28)25(30)26-19-6-4-5-7-22(19)32-3/h4-13,28-29H,1-3H3,(H,26,30). The molecule has 1 aromatic heterocycles. The number of benzene rings is 3. The summed E-state index contributed by atoms with van der Waals surface area (Å²) in [6, 6.07) is 16.7. The molecule has 8 nitrogen and oxygen atoms in total. The third-order valence-electron chi connectivity index (χ3n) is 5.20. The van der Waals surface area contributed by atoms with E-state index in [4.69, 9.17) is 14.0 Å². The summed E-state index contributed by atoms with van der Waals surface area (Å²) in [5.41, 5.74) is 2.63. The number of carbonyl (C=O) groups is 1. The number of methoxy groups -OCH3 is 2. The van der Waals surface area contributed by atoms with Crippen LogP contribution in [0.15, 0.2) is 65.2 Å². The maximum Gasteiger partial charge on any atom is 0.259 e. The fourth-order valence-electron chi connectivity index (χ4n) is 3.53. The Hall–Kier alpha value is -4.46. The molecule has 8 heteroatoms. The number of phenolic OH excluding ortho intramolecular Hbond substituents is 2. The molecule has 0 spiro atoms. The molecule has 3 aromatic carbocycles. The molecule has 0 bridgehead atoms. The van der Waals surface area contributed by atoms with E-state index in [1.807, 2.05) is 12.1 Å². The monoisotopic (exact) mass is 446 g/mol. The van der Waals surface area contributed by atoms with E-state index in [9.17, 15) is 15.0 Å². The lowest BCUT2D eigenvalue weighted by molar-refractivity contribution is 0.102. The van der Waals surface area contributed by atoms with Crippen LogP contribution < -0.4 is 14.8 Å². The highest BCUT2D eigenvalue weighted by atomic mass is 16.5. The Labute approximate surface area is 190 Å². The first-order valence-corrected chi connectivity index (χ1v) is 10.0. The van der Waals surface area contributed by atoms with Crippen molar-refractivity contribution in [3.8, 4) is 45.4 Å². The summed E-state index contributed by atoms with van der Waals surface area (Å²) in [4.78, 5) is 13.0. The van der Waals surface area contributed by atoms with E-state index in [2.05, 4.69) is 10.5 Å². The van der Waals surface area contributed by atoms with Crippen molar-refractivity contribution in [3.63, 3.8) is 0 Å². The van der Waals surface area contributed by atoms with Crippen molar-refractivity contribution in [1.29, 1.82) is 0 Å². The Bertz CT molecular complexity index is 1310. The SMILES string of the molecule is COc1ccc(-c2c(C)noc2-c2cc(C(=O)Nc3ccccc3OC)c(O)cc2O)cc1. The number of aromatic hydroxyl groups is 2. The van der Waals surface area contributed by atoms with Crippen LogP contribution in [0.2, 0.25) is 0 Å². The minimum atomic E-state index is -0.583. The molecule has 168 valence electrons. The van der Waals surface area contributed by atoms with E-state index in [0.717, 1.165) is 11.6 Å². The quantitative estimate of drug-likeness (QED) is 0.382. The molecule has 0 radical (unpaired) electrons. The Morgan fingerprint density at radius 1 is 0.970 bits per heavy atom. The van der Waals surface area contributed by atoms with Crippen molar-refractivity contribution in [2.75, 3.05) is 19.5 Å². The molecule has 4 rings (SSSR count). The second-order valence-electron chi connectivity index (χ2n) is 7.24. The maximum absolute atomic E-state index is 13.0. The molecule has 1 heterocycles. The van der Waals surface area contributed by atoms with Gasteiger partial charge < -0.3 is 29.5 Å². The number of phenols is 2. The number of carbonyl (C=O) groups excluding carboxylic acids is 1. The number of rotatable bonds is 6. The van der Waals surface area contributed by atoms with Gasteiger partial charge in [-0.1, -0.05) is 29.4 Å². The van der Waals surface area contributed by atoms with Crippen LogP contribution in [0.4, 0.5) is 5.69 Å². The maximum atomic E-state index is 13.0. The van der Waals surface area contributed by atoms with Gasteiger partial charge in [-0.25, -0.2) is 0 Å². The van der Waals surface area contributed by atoms with E-state index in [1.165, 1.54) is 13.2 Å². The third kappa shape index (κ3) is 4.18. The summed E-state index contributed by atoms with van der Waals surface area (Å²) in [5.74, 6) is 0.203. The van der Waals surface area contributed by atoms with Gasteiger partial charge in [0.15, 0.2) is 5.76 Å². The number of aromatic nitrogens is 1. The molecule has 0 saturated carbocycles. The number of amides is 1. The number of aryl methyl sites for hydroxylation is 1. The predicted molar refractivity (Wildman–Crippen MR) is 123 cm³/mol. The lowest BCUT2D eigenvalue weighted by Crippen LogP contribution is -2.13. The minimum absolute atomic E-state index is 0.0524. The Balaban J connectivity index is 1.76. The Morgan fingerprint density at radius 3 is 2.39 bits per heavy atom. The van der Waals surface area contributed by atoms with Gasteiger partial charge in [0, 0.05) is 6.07 Å². The first kappa shape index (κ1) is 21.8. The van der Waals surface area contributed by atoms with E-state index in [0.29, 0.717) is 28.4 Å². The first-order chi connectivity index (χ1) is 15.9. The topological polar surface area (TPSA) is 114 Å². The van der Waals surface area contributed by atoms with Crippen molar-refractivity contribution in [2.24, 2.45) is 0 Å². The second kappa shape index (κ2) is 8.96. The van der Waals surface area contributed by atoms with Gasteiger partial charge in [-0.05, 0) is 42.8 Å². The number of hydrogen-bond donors (Lipinski definition) is 3. The molecule has 0 aliphatic rings. The fraction of sp³-hybridized carbons (Fsp3) is 0.120. The van der Waals surface area contributed by atoms with Crippen LogP contribution in [0.25, 0.3) is 22.5 Å². The highest BCUT2D eigenvalue weighted by Crippen LogP contribution is 2.42. The summed E-state index contributed by atoms with van der Waals surface area (Å²) >= 11 is 0. The molecule has 4 aromatic rings. The Kier molecular flexibility index (Phi) is 5.91. The van der Waals surface area contributed by atoms with Crippen LogP contribution >= 0.6 is 0 Å². The van der Waals surface area contributed by atoms with Gasteiger partial charge >= 0.3 is 0 Å². The minimum Gasteiger partial charge on any atom is -0.507 e. The zero-order valence-electron chi connectivity index (χ0n) is 18.2. The van der Waals surface area contributed by atoms with Gasteiger partial charge in [0.05, 0.1) is 42.3 Å². The molecule has 0 fully saturated rings. The number of anilines is 1. The van der Waals surface area contributed by atoms with E-state index in [1.54, 1.807) is 50.4 Å². The second-order valence-corrected chi connectivity index (χ2v) is 7.24. The lowest BCUT2D eigenvalue weighted by Gasteiger charge is -2.12. The zero-order chi connectivity index (χ0) is 23.5. The van der Waals surface area contributed by atoms with Crippen LogP contribution in [-0.2, 0) is 0 Å². The molecular weight excluding hydrogens is 424 g/mol. The molecule has 0 unspecified atom stereocenters. The molecule has 0 saturated heterocycles. The Morgan fingerprint density at radius 2 is 1.70 bits per heavy atom. The number of nitrogens with one attached hydrogen (secondary N) is 1. The van der Waals surface area contributed by atoms with Gasteiger partial charge in [-0.3, -0.25) is 4.79 Å². The van der Waals surface area contributed by atoms with E-state index in [-0.39, 0.29) is 28.4 Å². The summed E-state index contributed by atoms with van der Waals surface area (Å²) in [6.07, 6.45) is 0. The average Bonchev–Trinajstić information content (AvgIpc) is 3.20. The van der Waals surface area contributed by atoms with Crippen LogP contribution in [-0.4, -0.2) is 35.5 Å². The fourth-order valence-corrected chi connectivity index (χ4v) is 3.53. The number of nitrogens with zero attached hydrogens (tertiary/aromatic N) is 1. The van der Waals surface area contributed by atoms with E-state index >= 15 is 0 Å². The molecule has 0 aliphatic carbocycles. The van der Waals surface area contributed by atoms with Crippen molar-refractivity contribution in [3.05, 3.63) is 71.9 Å². The van der Waals surface area contributed by atoms with Gasteiger partial charge in [-0.2, -0.15) is 0 Å². The smallest absolute Gasteiger partial charge is 0.259 e. The highest BCUT2D eigenvalue weighted by molar-refractivity contribution is 6.08. The van der Waals surface area contributed by atoms with Gasteiger partial charge in [0.1, 0.15) is 23.0 Å².